The molecule has 0 spiro atoms. The molecule has 25 heavy (non-hydrogen) atoms. The van der Waals surface area contributed by atoms with Gasteiger partial charge in [-0.3, -0.25) is 4.79 Å². The number of ketones is 1. The van der Waals surface area contributed by atoms with E-state index in [0.717, 1.165) is 12.1 Å². The summed E-state index contributed by atoms with van der Waals surface area (Å²) in [6, 6.07) is 15.0. The molecule has 1 heterocycles. The maximum absolute atomic E-state index is 12.7. The fourth-order valence-corrected chi connectivity index (χ4v) is 3.28. The molecule has 3 aromatic rings. The third-order valence-electron chi connectivity index (χ3n) is 3.80. The third kappa shape index (κ3) is 3.80. The van der Waals surface area contributed by atoms with Crippen molar-refractivity contribution in [1.82, 2.24) is 4.98 Å². The number of aryl methyl sites for hydroxylation is 1. The zero-order valence-electron chi connectivity index (χ0n) is 14.1. The number of carbonyl (C=O) groups is 1. The van der Waals surface area contributed by atoms with Gasteiger partial charge in [-0.15, -0.1) is 0 Å². The van der Waals surface area contributed by atoms with Crippen LogP contribution < -0.4 is 15.8 Å². The van der Waals surface area contributed by atoms with E-state index in [1.54, 1.807) is 31.4 Å². The van der Waals surface area contributed by atoms with E-state index in [9.17, 15) is 4.79 Å². The van der Waals surface area contributed by atoms with Gasteiger partial charge < -0.3 is 15.8 Å². The van der Waals surface area contributed by atoms with Crippen LogP contribution in [0.4, 0.5) is 16.6 Å². The molecule has 0 saturated carbocycles. The predicted molar refractivity (Wildman–Crippen MR) is 102 cm³/mol. The van der Waals surface area contributed by atoms with Crippen LogP contribution in [0.3, 0.4) is 0 Å². The number of nitrogen functional groups attached to an aromatic ring is 1. The van der Waals surface area contributed by atoms with Gasteiger partial charge in [-0.25, -0.2) is 4.98 Å². The summed E-state index contributed by atoms with van der Waals surface area (Å²) in [7, 11) is 1.59. The first kappa shape index (κ1) is 17.0. The molecule has 3 rings (SSSR count). The molecule has 0 radical (unpaired) electrons. The van der Waals surface area contributed by atoms with E-state index >= 15 is 0 Å². The van der Waals surface area contributed by atoms with Gasteiger partial charge >= 0.3 is 0 Å². The summed E-state index contributed by atoms with van der Waals surface area (Å²) in [4.78, 5) is 17.4. The van der Waals surface area contributed by atoms with Gasteiger partial charge in [0.2, 0.25) is 5.78 Å². The number of thiazole rings is 1. The molecule has 0 atom stereocenters. The van der Waals surface area contributed by atoms with E-state index in [1.807, 2.05) is 12.1 Å². The monoisotopic (exact) mass is 353 g/mol. The molecule has 128 valence electrons. The Bertz CT molecular complexity index is 888. The lowest BCUT2D eigenvalue weighted by atomic mass is 10.1. The highest BCUT2D eigenvalue weighted by Gasteiger charge is 2.18. The zero-order valence-corrected chi connectivity index (χ0v) is 14.9. The van der Waals surface area contributed by atoms with Crippen LogP contribution in [0, 0.1) is 0 Å². The van der Waals surface area contributed by atoms with Crippen LogP contribution in [0.5, 0.6) is 5.75 Å². The van der Waals surface area contributed by atoms with Crippen LogP contribution in [-0.4, -0.2) is 17.9 Å². The molecule has 0 aliphatic carbocycles. The number of aromatic nitrogens is 1. The number of hydrogen-bond donors (Lipinski definition) is 2. The van der Waals surface area contributed by atoms with Gasteiger partial charge in [0.15, 0.2) is 5.13 Å². The number of nitrogens with zero attached hydrogens (tertiary/aromatic N) is 1. The fraction of sp³-hybridized carbons (Fsp3) is 0.158. The van der Waals surface area contributed by atoms with Crippen molar-refractivity contribution in [3.63, 3.8) is 0 Å². The van der Waals surface area contributed by atoms with Crippen LogP contribution >= 0.6 is 11.3 Å². The average Bonchev–Trinajstić information content (AvgIpc) is 3.01. The normalized spacial score (nSPS) is 10.5. The zero-order chi connectivity index (χ0) is 17.8. The molecule has 6 heteroatoms. The summed E-state index contributed by atoms with van der Waals surface area (Å²) in [5.74, 6) is 0.792. The van der Waals surface area contributed by atoms with E-state index in [2.05, 4.69) is 29.4 Å². The number of rotatable bonds is 6. The van der Waals surface area contributed by atoms with Crippen molar-refractivity contribution < 1.29 is 9.53 Å². The lowest BCUT2D eigenvalue weighted by Gasteiger charge is -2.04. The Hall–Kier alpha value is -2.86. The Balaban J connectivity index is 1.82. The van der Waals surface area contributed by atoms with Gasteiger partial charge in [0.25, 0.3) is 0 Å². The maximum atomic E-state index is 12.7. The summed E-state index contributed by atoms with van der Waals surface area (Å²) >= 11 is 1.25. The number of ether oxygens (including phenoxy) is 1. The van der Waals surface area contributed by atoms with E-state index in [-0.39, 0.29) is 11.6 Å². The van der Waals surface area contributed by atoms with E-state index in [4.69, 9.17) is 10.5 Å². The van der Waals surface area contributed by atoms with Crippen LogP contribution in [0.2, 0.25) is 0 Å². The van der Waals surface area contributed by atoms with Crippen molar-refractivity contribution in [2.45, 2.75) is 13.3 Å². The third-order valence-corrected chi connectivity index (χ3v) is 4.78. The standard InChI is InChI=1S/C19H19N3O2S/c1-3-12-5-4-6-14(11-12)21-19-22-18(20)17(25-19)16(23)13-7-9-15(24-2)10-8-13/h4-11H,3,20H2,1-2H3,(H,21,22). The second-order valence-electron chi connectivity index (χ2n) is 5.47. The first-order valence-corrected chi connectivity index (χ1v) is 8.73. The van der Waals surface area contributed by atoms with Crippen molar-refractivity contribution in [2.75, 3.05) is 18.2 Å². The minimum atomic E-state index is -0.145. The lowest BCUT2D eigenvalue weighted by Crippen LogP contribution is -2.02. The Morgan fingerprint density at radius 1 is 1.24 bits per heavy atom. The number of nitrogens with one attached hydrogen (secondary N) is 1. The van der Waals surface area contributed by atoms with E-state index < -0.39 is 0 Å². The summed E-state index contributed by atoms with van der Waals surface area (Å²) in [5, 5.41) is 3.82. The van der Waals surface area contributed by atoms with E-state index in [0.29, 0.717) is 21.3 Å². The Morgan fingerprint density at radius 3 is 2.68 bits per heavy atom. The topological polar surface area (TPSA) is 77.2 Å². The second-order valence-corrected chi connectivity index (χ2v) is 6.47. The first-order valence-electron chi connectivity index (χ1n) is 7.91. The highest BCUT2D eigenvalue weighted by atomic mass is 32.1. The largest absolute Gasteiger partial charge is 0.497 e. The summed E-state index contributed by atoms with van der Waals surface area (Å²) in [6.07, 6.45) is 0.955. The van der Waals surface area contributed by atoms with Gasteiger partial charge in [-0.05, 0) is 48.4 Å². The smallest absolute Gasteiger partial charge is 0.206 e. The molecular weight excluding hydrogens is 334 g/mol. The average molecular weight is 353 g/mol. The minimum Gasteiger partial charge on any atom is -0.497 e. The fourth-order valence-electron chi connectivity index (χ4n) is 2.41. The molecule has 0 amide bonds. The molecule has 2 aromatic carbocycles. The molecular formula is C19H19N3O2S. The van der Waals surface area contributed by atoms with Crippen LogP contribution in [0.25, 0.3) is 0 Å². The van der Waals surface area contributed by atoms with Crippen LogP contribution in [0.1, 0.15) is 27.7 Å². The first-order chi connectivity index (χ1) is 12.1. The van der Waals surface area contributed by atoms with E-state index in [1.165, 1.54) is 16.9 Å². The van der Waals surface area contributed by atoms with Gasteiger partial charge in [-0.2, -0.15) is 0 Å². The molecule has 0 unspecified atom stereocenters. The summed E-state index contributed by atoms with van der Waals surface area (Å²) in [5.41, 5.74) is 8.66. The molecule has 1 aromatic heterocycles. The van der Waals surface area contributed by atoms with Crippen molar-refractivity contribution in [3.8, 4) is 5.75 Å². The number of benzene rings is 2. The Kier molecular flexibility index (Phi) is 5.00. The molecule has 0 aliphatic heterocycles. The Labute approximate surface area is 150 Å². The number of methoxy groups -OCH3 is 1. The second kappa shape index (κ2) is 7.36. The highest BCUT2D eigenvalue weighted by molar-refractivity contribution is 7.18. The maximum Gasteiger partial charge on any atom is 0.206 e. The molecule has 0 bridgehead atoms. The van der Waals surface area contributed by atoms with Crippen molar-refractivity contribution in [3.05, 3.63) is 64.5 Å². The van der Waals surface area contributed by atoms with Gasteiger partial charge in [-0.1, -0.05) is 30.4 Å². The molecule has 3 N–H and O–H groups in total. The van der Waals surface area contributed by atoms with Crippen LogP contribution in [0.15, 0.2) is 48.5 Å². The Morgan fingerprint density at radius 2 is 2.00 bits per heavy atom. The van der Waals surface area contributed by atoms with Crippen molar-refractivity contribution >= 4 is 33.8 Å². The van der Waals surface area contributed by atoms with Crippen molar-refractivity contribution in [1.29, 1.82) is 0 Å². The summed E-state index contributed by atoms with van der Waals surface area (Å²) < 4.78 is 5.11. The van der Waals surface area contributed by atoms with Crippen molar-refractivity contribution in [2.24, 2.45) is 0 Å². The lowest BCUT2D eigenvalue weighted by molar-refractivity contribution is 0.104. The number of carbonyl (C=O) groups excluding carboxylic acids is 1. The predicted octanol–water partition coefficient (Wildman–Crippen LogP) is 4.27. The minimum absolute atomic E-state index is 0.145. The number of nitrogens with two attached hydrogens (primary N) is 1. The summed E-state index contributed by atoms with van der Waals surface area (Å²) in [6.45, 7) is 2.10. The quantitative estimate of drug-likeness (QED) is 0.647. The molecule has 0 fully saturated rings. The highest BCUT2D eigenvalue weighted by Crippen LogP contribution is 2.30. The number of hydrogen-bond acceptors (Lipinski definition) is 6. The molecule has 0 saturated heterocycles. The van der Waals surface area contributed by atoms with Gasteiger partial charge in [0, 0.05) is 11.3 Å². The van der Waals surface area contributed by atoms with Gasteiger partial charge in [0.05, 0.1) is 7.11 Å². The molecule has 5 nitrogen and oxygen atoms in total. The SMILES string of the molecule is CCc1cccc(Nc2nc(N)c(C(=O)c3ccc(OC)cc3)s2)c1. The van der Waals surface area contributed by atoms with Gasteiger partial charge in [0.1, 0.15) is 16.4 Å². The van der Waals surface area contributed by atoms with Crippen LogP contribution in [-0.2, 0) is 6.42 Å². The number of anilines is 3. The molecule has 0 aliphatic rings.